The number of amides is 1. The summed E-state index contributed by atoms with van der Waals surface area (Å²) >= 11 is 1.42. The van der Waals surface area contributed by atoms with Crippen LogP contribution in [0.1, 0.15) is 18.6 Å². The fourth-order valence-corrected chi connectivity index (χ4v) is 4.85. The first kappa shape index (κ1) is 23.3. The highest BCUT2D eigenvalue weighted by Crippen LogP contribution is 2.36. The van der Waals surface area contributed by atoms with Crippen molar-refractivity contribution in [3.63, 3.8) is 0 Å². The van der Waals surface area contributed by atoms with Crippen LogP contribution in [-0.2, 0) is 16.6 Å². The van der Waals surface area contributed by atoms with Crippen molar-refractivity contribution in [1.29, 1.82) is 0 Å². The highest BCUT2D eigenvalue weighted by atomic mass is 32.1. The van der Waals surface area contributed by atoms with E-state index in [1.54, 1.807) is 24.0 Å². The van der Waals surface area contributed by atoms with Gasteiger partial charge in [0.2, 0.25) is 0 Å². The van der Waals surface area contributed by atoms with Crippen molar-refractivity contribution in [2.24, 2.45) is 7.05 Å². The summed E-state index contributed by atoms with van der Waals surface area (Å²) < 4.78 is 12.1. The van der Waals surface area contributed by atoms with Gasteiger partial charge in [-0.3, -0.25) is 14.8 Å². The number of carbonyl (C=O) groups excluding carboxylic acids is 2. The van der Waals surface area contributed by atoms with E-state index in [0.717, 1.165) is 37.9 Å². The number of ether oxygens (including phenoxy) is 2. The molecule has 3 aromatic carbocycles. The zero-order valence-corrected chi connectivity index (χ0v) is 20.5. The van der Waals surface area contributed by atoms with Crippen molar-refractivity contribution in [2.75, 3.05) is 5.32 Å². The van der Waals surface area contributed by atoms with Gasteiger partial charge in [0.15, 0.2) is 5.06 Å². The van der Waals surface area contributed by atoms with E-state index < -0.39 is 6.09 Å². The lowest BCUT2D eigenvalue weighted by Crippen LogP contribution is -2.18. The Labute approximate surface area is 211 Å². The second kappa shape index (κ2) is 10.1. The molecule has 0 aliphatic heterocycles. The molecule has 0 radical (unpaired) electrons. The Morgan fingerprint density at radius 1 is 1.00 bits per heavy atom. The molecule has 1 unspecified atom stereocenters. The largest absolute Gasteiger partial charge is 0.441 e. The van der Waals surface area contributed by atoms with Crippen LogP contribution < -0.4 is 10.1 Å². The average molecular weight is 498 g/mol. The topological polar surface area (TPSA) is 82.4 Å². The Morgan fingerprint density at radius 3 is 2.47 bits per heavy atom. The van der Waals surface area contributed by atoms with E-state index in [2.05, 4.69) is 22.5 Å². The van der Waals surface area contributed by atoms with E-state index in [0.29, 0.717) is 17.4 Å². The van der Waals surface area contributed by atoms with Crippen molar-refractivity contribution in [3.8, 4) is 26.6 Å². The van der Waals surface area contributed by atoms with Gasteiger partial charge in [0.05, 0.1) is 6.20 Å². The van der Waals surface area contributed by atoms with E-state index >= 15 is 0 Å². The fourth-order valence-electron chi connectivity index (χ4n) is 4.03. The number of rotatable bonds is 7. The molecule has 0 saturated carbocycles. The molecule has 36 heavy (non-hydrogen) atoms. The number of nitrogens with one attached hydrogen (secondary N) is 1. The molecule has 0 saturated heterocycles. The summed E-state index contributed by atoms with van der Waals surface area (Å²) in [4.78, 5) is 24.3. The summed E-state index contributed by atoms with van der Waals surface area (Å²) in [5.41, 5.74) is 3.68. The number of thiophene rings is 1. The summed E-state index contributed by atoms with van der Waals surface area (Å²) in [6, 6.07) is 25.6. The van der Waals surface area contributed by atoms with Crippen LogP contribution in [-0.4, -0.2) is 22.3 Å². The lowest BCUT2D eigenvalue weighted by molar-refractivity contribution is -0.120. The predicted molar refractivity (Wildman–Crippen MR) is 141 cm³/mol. The first-order valence-corrected chi connectivity index (χ1v) is 12.1. The van der Waals surface area contributed by atoms with Crippen LogP contribution in [0.2, 0.25) is 0 Å². The van der Waals surface area contributed by atoms with E-state index in [1.165, 1.54) is 11.3 Å². The summed E-state index contributed by atoms with van der Waals surface area (Å²) in [6.07, 6.45) is 0.795. The third-order valence-corrected chi connectivity index (χ3v) is 6.92. The number of hydrogen-bond acceptors (Lipinski definition) is 6. The van der Waals surface area contributed by atoms with Gasteiger partial charge in [-0.2, -0.15) is 5.10 Å². The third-order valence-electron chi connectivity index (χ3n) is 5.89. The first-order valence-electron chi connectivity index (χ1n) is 11.3. The van der Waals surface area contributed by atoms with Crippen LogP contribution in [0.15, 0.2) is 85.1 Å². The van der Waals surface area contributed by atoms with Crippen molar-refractivity contribution in [1.82, 2.24) is 9.78 Å². The Bertz CT molecular complexity index is 1540. The molecule has 0 bridgehead atoms. The molecule has 2 heterocycles. The number of aryl methyl sites for hydroxylation is 1. The SMILES string of the molecule is CC(OC(=O)Nc1c(-c2ccc3cc(-c4ccc(OC=O)s4)ccc3c2)cnn1C)c1ccccc1. The highest BCUT2D eigenvalue weighted by Gasteiger charge is 2.17. The molecule has 180 valence electrons. The molecule has 8 heteroatoms. The smallest absolute Gasteiger partial charge is 0.413 e. The lowest BCUT2D eigenvalue weighted by Gasteiger charge is -2.15. The van der Waals surface area contributed by atoms with E-state index in [1.807, 2.05) is 67.6 Å². The molecular formula is C28H23N3O4S. The van der Waals surface area contributed by atoms with Gasteiger partial charge in [0, 0.05) is 17.5 Å². The number of anilines is 1. The molecule has 5 aromatic rings. The van der Waals surface area contributed by atoms with E-state index in [-0.39, 0.29) is 6.10 Å². The third kappa shape index (κ3) is 4.85. The van der Waals surface area contributed by atoms with E-state index in [4.69, 9.17) is 9.47 Å². The fraction of sp³-hybridized carbons (Fsp3) is 0.107. The number of hydrogen-bond donors (Lipinski definition) is 1. The Kier molecular flexibility index (Phi) is 6.51. The number of carbonyl (C=O) groups is 2. The van der Waals surface area contributed by atoms with Crippen molar-refractivity contribution in [3.05, 3.63) is 90.6 Å². The number of nitrogens with zero attached hydrogens (tertiary/aromatic N) is 2. The minimum atomic E-state index is -0.546. The standard InChI is InChI=1S/C28H23N3O4S/c1-18(19-6-4-3-5-7-19)35-28(33)30-27-24(16-29-31(27)2)22-10-8-21-15-23(11-9-20(21)14-22)25-12-13-26(36-25)34-17-32/h3-18H,1-2H3,(H,30,33). The average Bonchev–Trinajstić information content (AvgIpc) is 3.51. The molecule has 5 rings (SSSR count). The highest BCUT2D eigenvalue weighted by molar-refractivity contribution is 7.17. The minimum absolute atomic E-state index is 0.387. The molecule has 1 amide bonds. The number of benzene rings is 3. The Balaban J connectivity index is 1.37. The normalized spacial score (nSPS) is 11.7. The lowest BCUT2D eigenvalue weighted by atomic mass is 10.0. The molecule has 1 atom stereocenters. The number of aromatic nitrogens is 2. The molecule has 0 aliphatic rings. The predicted octanol–water partition coefficient (Wildman–Crippen LogP) is 6.81. The quantitative estimate of drug-likeness (QED) is 0.250. The van der Waals surface area contributed by atoms with Crippen LogP contribution in [0, 0.1) is 0 Å². The van der Waals surface area contributed by atoms with Gasteiger partial charge in [0.25, 0.3) is 6.47 Å². The maximum atomic E-state index is 12.7. The first-order chi connectivity index (χ1) is 17.5. The molecule has 1 N–H and O–H groups in total. The van der Waals surface area contributed by atoms with Gasteiger partial charge >= 0.3 is 6.09 Å². The Morgan fingerprint density at radius 2 is 1.72 bits per heavy atom. The molecule has 2 aromatic heterocycles. The zero-order valence-electron chi connectivity index (χ0n) is 19.7. The van der Waals surface area contributed by atoms with Gasteiger partial charge < -0.3 is 9.47 Å². The maximum absolute atomic E-state index is 12.7. The molecule has 0 spiro atoms. The van der Waals surface area contributed by atoms with Crippen LogP contribution >= 0.6 is 11.3 Å². The van der Waals surface area contributed by atoms with Gasteiger partial charge in [0.1, 0.15) is 11.9 Å². The van der Waals surface area contributed by atoms with E-state index in [9.17, 15) is 9.59 Å². The van der Waals surface area contributed by atoms with Crippen LogP contribution in [0.3, 0.4) is 0 Å². The van der Waals surface area contributed by atoms with Gasteiger partial charge in [-0.25, -0.2) is 4.79 Å². The van der Waals surface area contributed by atoms with Crippen molar-refractivity contribution >= 4 is 40.5 Å². The molecular weight excluding hydrogens is 474 g/mol. The van der Waals surface area contributed by atoms with Gasteiger partial charge in [-0.1, -0.05) is 65.9 Å². The van der Waals surface area contributed by atoms with Gasteiger partial charge in [-0.15, -0.1) is 0 Å². The van der Waals surface area contributed by atoms with Gasteiger partial charge in [-0.05, 0) is 58.7 Å². The zero-order chi connectivity index (χ0) is 25.1. The van der Waals surface area contributed by atoms with Crippen LogP contribution in [0.4, 0.5) is 10.6 Å². The monoisotopic (exact) mass is 497 g/mol. The summed E-state index contributed by atoms with van der Waals surface area (Å²) in [7, 11) is 1.77. The molecule has 0 aliphatic carbocycles. The molecule has 7 nitrogen and oxygen atoms in total. The minimum Gasteiger partial charge on any atom is -0.441 e. The summed E-state index contributed by atoms with van der Waals surface area (Å²) in [5.74, 6) is 0.553. The second-order valence-corrected chi connectivity index (χ2v) is 9.27. The maximum Gasteiger partial charge on any atom is 0.413 e. The van der Waals surface area contributed by atoms with Crippen molar-refractivity contribution < 1.29 is 19.1 Å². The Hall–Kier alpha value is -4.43. The van der Waals surface area contributed by atoms with Crippen molar-refractivity contribution in [2.45, 2.75) is 13.0 Å². The molecule has 0 fully saturated rings. The van der Waals surface area contributed by atoms with Crippen LogP contribution in [0.25, 0.3) is 32.3 Å². The number of fused-ring (bicyclic) bond motifs is 1. The van der Waals surface area contributed by atoms with Crippen LogP contribution in [0.5, 0.6) is 5.06 Å². The summed E-state index contributed by atoms with van der Waals surface area (Å²) in [6.45, 7) is 2.27. The summed E-state index contributed by atoms with van der Waals surface area (Å²) in [5, 5.41) is 9.87. The second-order valence-electron chi connectivity index (χ2n) is 8.22.